The van der Waals surface area contributed by atoms with Crippen LogP contribution in [-0.4, -0.2) is 9.07 Å². The molecule has 0 aliphatic heterocycles. The maximum atomic E-state index is 10.9. The van der Waals surface area contributed by atoms with Gasteiger partial charge in [-0.3, -0.25) is 0 Å². The molecule has 66 valence electrons. The maximum absolute atomic E-state index is 10.9. The van der Waals surface area contributed by atoms with E-state index < -0.39 is 0 Å². The molecule has 0 spiro atoms. The van der Waals surface area contributed by atoms with Gasteiger partial charge in [0.2, 0.25) is 0 Å². The molecular weight excluding hydrogens is 204 g/mol. The van der Waals surface area contributed by atoms with Gasteiger partial charge in [-0.15, -0.1) is 11.3 Å². The zero-order valence-electron chi connectivity index (χ0n) is 6.60. The average molecular weight is 210 g/mol. The van der Waals surface area contributed by atoms with Gasteiger partial charge in [-0.2, -0.15) is 0 Å². The fraction of sp³-hybridized carbons (Fsp3) is 0. The van der Waals surface area contributed by atoms with Gasteiger partial charge in [0.1, 0.15) is 21.9 Å². The lowest BCUT2D eigenvalue weighted by atomic mass is 10.3. The van der Waals surface area contributed by atoms with Crippen LogP contribution in [0.4, 0.5) is 0 Å². The first-order chi connectivity index (χ1) is 6.42. The molecule has 0 aliphatic rings. The molecule has 0 aliphatic carbocycles. The van der Waals surface area contributed by atoms with Gasteiger partial charge in [-0.25, -0.2) is 4.21 Å². The Morgan fingerprint density at radius 2 is 2.31 bits per heavy atom. The number of furan rings is 1. The number of hydrogen-bond donors (Lipinski definition) is 0. The van der Waals surface area contributed by atoms with Crippen LogP contribution >= 0.6 is 11.3 Å². The van der Waals surface area contributed by atoms with E-state index in [-0.39, 0.29) is 0 Å². The Bertz CT molecular complexity index is 386. The first kappa shape index (κ1) is 8.47. The van der Waals surface area contributed by atoms with Gasteiger partial charge in [0, 0.05) is 0 Å². The van der Waals surface area contributed by atoms with E-state index in [2.05, 4.69) is 0 Å². The molecule has 0 amide bonds. The van der Waals surface area contributed by atoms with Crippen molar-refractivity contribution in [3.05, 3.63) is 46.5 Å². The quantitative estimate of drug-likeness (QED) is 0.561. The van der Waals surface area contributed by atoms with Gasteiger partial charge >= 0.3 is 0 Å². The van der Waals surface area contributed by atoms with E-state index >= 15 is 0 Å². The molecule has 0 atom stereocenters. The van der Waals surface area contributed by atoms with E-state index in [1.807, 2.05) is 17.5 Å². The maximum Gasteiger partial charge on any atom is 0.148 e. The molecule has 2 rings (SSSR count). The standard InChI is InChI=1S/C9H6O2S2/c10-13-9(7-3-1-5-11-7)8-4-2-6-12-8/h1-6H. The number of hydrogen-bond acceptors (Lipinski definition) is 3. The summed E-state index contributed by atoms with van der Waals surface area (Å²) in [6.07, 6.45) is 1.57. The topological polar surface area (TPSA) is 30.2 Å². The SMILES string of the molecule is O=S=C(c1ccco1)c1cccs1. The molecule has 2 aromatic rings. The molecule has 0 bridgehead atoms. The largest absolute Gasteiger partial charge is 0.463 e. The van der Waals surface area contributed by atoms with Crippen LogP contribution in [0, 0.1) is 0 Å². The first-order valence-corrected chi connectivity index (χ1v) is 5.28. The Labute approximate surface area is 82.9 Å². The Balaban J connectivity index is 2.48. The van der Waals surface area contributed by atoms with Crippen LogP contribution in [0.2, 0.25) is 0 Å². The second-order valence-electron chi connectivity index (χ2n) is 2.37. The summed E-state index contributed by atoms with van der Waals surface area (Å²) in [5.41, 5.74) is 0. The fourth-order valence-corrected chi connectivity index (χ4v) is 2.28. The molecule has 0 fully saturated rings. The minimum absolute atomic E-state index is 0.469. The van der Waals surface area contributed by atoms with E-state index in [1.54, 1.807) is 18.4 Å². The first-order valence-electron chi connectivity index (χ1n) is 3.66. The number of thiophene rings is 1. The van der Waals surface area contributed by atoms with E-state index in [1.165, 1.54) is 11.3 Å². The molecule has 2 aromatic heterocycles. The molecule has 2 nitrogen and oxygen atoms in total. The van der Waals surface area contributed by atoms with Crippen molar-refractivity contribution in [1.82, 2.24) is 0 Å². The molecule has 0 radical (unpaired) electrons. The molecular formula is C9H6O2S2. The molecule has 0 saturated heterocycles. The molecule has 0 aromatic carbocycles. The lowest BCUT2D eigenvalue weighted by molar-refractivity contribution is 0.559. The summed E-state index contributed by atoms with van der Waals surface area (Å²) < 4.78 is 16.0. The van der Waals surface area contributed by atoms with Crippen LogP contribution in [-0.2, 0) is 11.3 Å². The highest BCUT2D eigenvalue weighted by atomic mass is 32.1. The van der Waals surface area contributed by atoms with Crippen molar-refractivity contribution in [1.29, 1.82) is 0 Å². The summed E-state index contributed by atoms with van der Waals surface area (Å²) in [4.78, 5) is 1.61. The van der Waals surface area contributed by atoms with Crippen LogP contribution < -0.4 is 0 Å². The van der Waals surface area contributed by atoms with Crippen LogP contribution in [0.15, 0.2) is 40.3 Å². The smallest absolute Gasteiger partial charge is 0.148 e. The normalized spacial score (nSPS) is 9.85. The Hall–Kier alpha value is -1.13. The van der Waals surface area contributed by atoms with Crippen LogP contribution in [0.5, 0.6) is 0 Å². The fourth-order valence-electron chi connectivity index (χ4n) is 1.02. The van der Waals surface area contributed by atoms with Gasteiger partial charge in [-0.1, -0.05) is 6.07 Å². The van der Waals surface area contributed by atoms with Gasteiger partial charge in [0.15, 0.2) is 0 Å². The van der Waals surface area contributed by atoms with Crippen LogP contribution in [0.1, 0.15) is 10.6 Å². The molecule has 0 saturated carbocycles. The second-order valence-corrected chi connectivity index (χ2v) is 3.89. The Kier molecular flexibility index (Phi) is 2.42. The van der Waals surface area contributed by atoms with Gasteiger partial charge < -0.3 is 4.42 Å². The van der Waals surface area contributed by atoms with E-state index in [4.69, 9.17) is 4.42 Å². The summed E-state index contributed by atoms with van der Waals surface area (Å²) in [6.45, 7) is 0. The highest BCUT2D eigenvalue weighted by Gasteiger charge is 2.09. The molecule has 13 heavy (non-hydrogen) atoms. The molecule has 0 unspecified atom stereocenters. The minimum atomic E-state index is 0.469. The second kappa shape index (κ2) is 3.72. The minimum Gasteiger partial charge on any atom is -0.463 e. The van der Waals surface area contributed by atoms with Crippen molar-refractivity contribution in [3.8, 4) is 0 Å². The highest BCUT2D eigenvalue weighted by molar-refractivity contribution is 7.68. The van der Waals surface area contributed by atoms with E-state index in [0.29, 0.717) is 21.9 Å². The lowest BCUT2D eigenvalue weighted by Crippen LogP contribution is -1.97. The lowest BCUT2D eigenvalue weighted by Gasteiger charge is -1.93. The Morgan fingerprint density at radius 1 is 1.38 bits per heavy atom. The van der Waals surface area contributed by atoms with Crippen molar-refractivity contribution in [2.45, 2.75) is 0 Å². The molecule has 2 heterocycles. The summed E-state index contributed by atoms with van der Waals surface area (Å²) in [5.74, 6) is 0.641. The third-order valence-electron chi connectivity index (χ3n) is 1.57. The van der Waals surface area contributed by atoms with Crippen molar-refractivity contribution in [2.24, 2.45) is 0 Å². The average Bonchev–Trinajstić information content (AvgIpc) is 2.76. The zero-order chi connectivity index (χ0) is 9.10. The van der Waals surface area contributed by atoms with E-state index in [0.717, 1.165) is 4.88 Å². The van der Waals surface area contributed by atoms with Crippen molar-refractivity contribution in [3.63, 3.8) is 0 Å². The van der Waals surface area contributed by atoms with Gasteiger partial charge in [0.25, 0.3) is 0 Å². The zero-order valence-corrected chi connectivity index (χ0v) is 8.23. The van der Waals surface area contributed by atoms with Crippen molar-refractivity contribution < 1.29 is 8.63 Å². The van der Waals surface area contributed by atoms with E-state index in [9.17, 15) is 4.21 Å². The Morgan fingerprint density at radius 3 is 2.85 bits per heavy atom. The monoisotopic (exact) mass is 210 g/mol. The predicted octanol–water partition coefficient (Wildman–Crippen LogP) is 2.12. The molecule has 0 N–H and O–H groups in total. The van der Waals surface area contributed by atoms with Crippen LogP contribution in [0.3, 0.4) is 0 Å². The highest BCUT2D eigenvalue weighted by Crippen LogP contribution is 2.14. The summed E-state index contributed by atoms with van der Waals surface area (Å²) in [7, 11) is 0. The third kappa shape index (κ3) is 1.64. The van der Waals surface area contributed by atoms with Crippen molar-refractivity contribution in [2.75, 3.05) is 0 Å². The van der Waals surface area contributed by atoms with Crippen molar-refractivity contribution >= 4 is 27.5 Å². The summed E-state index contributed by atoms with van der Waals surface area (Å²) >= 11 is 2.00. The summed E-state index contributed by atoms with van der Waals surface area (Å²) in [5, 5.41) is 1.94. The predicted molar refractivity (Wildman–Crippen MR) is 54.4 cm³/mol. The number of rotatable bonds is 2. The third-order valence-corrected chi connectivity index (χ3v) is 3.18. The molecule has 4 heteroatoms. The van der Waals surface area contributed by atoms with Gasteiger partial charge in [-0.05, 0) is 23.6 Å². The summed E-state index contributed by atoms with van der Waals surface area (Å²) in [6, 6.07) is 7.39. The van der Waals surface area contributed by atoms with Crippen LogP contribution in [0.25, 0.3) is 0 Å². The van der Waals surface area contributed by atoms with Gasteiger partial charge in [0.05, 0.1) is 11.1 Å².